The van der Waals surface area contributed by atoms with Crippen LogP contribution in [0.1, 0.15) is 36.8 Å². The fraction of sp³-hybridized carbons (Fsp3) is 0.448. The molecular weight excluding hydrogens is 470 g/mol. The number of phenolic OH excluding ortho intramolecular Hbond substituents is 1. The summed E-state index contributed by atoms with van der Waals surface area (Å²) in [7, 11) is 0. The molecule has 2 aliphatic heterocycles. The van der Waals surface area contributed by atoms with Gasteiger partial charge in [0.05, 0.1) is 11.0 Å². The average Bonchev–Trinajstić information content (AvgIpc) is 3.43. The molecular formula is C29H29N3O5. The van der Waals surface area contributed by atoms with Crippen LogP contribution in [0, 0.1) is 11.8 Å². The van der Waals surface area contributed by atoms with Gasteiger partial charge in [-0.3, -0.25) is 14.5 Å². The summed E-state index contributed by atoms with van der Waals surface area (Å²) < 4.78 is 6.23. The summed E-state index contributed by atoms with van der Waals surface area (Å²) in [5.41, 5.74) is 1.11. The lowest BCUT2D eigenvalue weighted by Crippen LogP contribution is -2.78. The summed E-state index contributed by atoms with van der Waals surface area (Å²) in [6.07, 6.45) is 4.47. The maximum Gasteiger partial charge on any atom is 0.235 e. The van der Waals surface area contributed by atoms with Crippen molar-refractivity contribution in [2.24, 2.45) is 11.8 Å². The number of carbonyl (C=O) groups excluding carboxylic acids is 2. The van der Waals surface area contributed by atoms with E-state index in [-0.39, 0.29) is 24.0 Å². The number of rotatable bonds is 4. The summed E-state index contributed by atoms with van der Waals surface area (Å²) in [6.45, 7) is 1.69. The highest BCUT2D eigenvalue weighted by Gasteiger charge is 2.75. The number of ether oxygens (including phenoxy) is 1. The number of H-pyrrole nitrogens is 1. The fourth-order valence-electron chi connectivity index (χ4n) is 7.88. The van der Waals surface area contributed by atoms with Gasteiger partial charge in [-0.1, -0.05) is 6.07 Å². The van der Waals surface area contributed by atoms with Crippen LogP contribution in [0.4, 0.5) is 5.69 Å². The molecule has 3 heterocycles. The number of amides is 1. The van der Waals surface area contributed by atoms with Gasteiger partial charge in [0, 0.05) is 40.9 Å². The first-order valence-electron chi connectivity index (χ1n) is 13.3. The minimum atomic E-state index is -1.32. The number of aromatic amines is 1. The van der Waals surface area contributed by atoms with Crippen LogP contribution in [0.15, 0.2) is 42.6 Å². The lowest BCUT2D eigenvalue weighted by Gasteiger charge is -2.63. The normalized spacial score (nSPS) is 33.8. The third kappa shape index (κ3) is 2.75. The minimum Gasteiger partial charge on any atom is -0.504 e. The van der Waals surface area contributed by atoms with E-state index >= 15 is 0 Å². The number of piperidine rings is 1. The Morgan fingerprint density at radius 1 is 1.22 bits per heavy atom. The second kappa shape index (κ2) is 7.14. The van der Waals surface area contributed by atoms with E-state index in [1.807, 2.05) is 30.5 Å². The second-order valence-corrected chi connectivity index (χ2v) is 11.7. The molecule has 5 aliphatic rings. The number of aliphatic hydroxyl groups is 1. The van der Waals surface area contributed by atoms with E-state index in [0.717, 1.165) is 35.1 Å². The minimum absolute atomic E-state index is 0.0164. The number of hydrogen-bond acceptors (Lipinski definition) is 6. The van der Waals surface area contributed by atoms with E-state index in [2.05, 4.69) is 15.2 Å². The molecule has 3 aliphatic carbocycles. The number of benzene rings is 2. The van der Waals surface area contributed by atoms with Gasteiger partial charge in [0.15, 0.2) is 23.4 Å². The molecule has 8 heteroatoms. The Morgan fingerprint density at radius 3 is 2.92 bits per heavy atom. The molecule has 1 amide bonds. The van der Waals surface area contributed by atoms with Gasteiger partial charge in [-0.2, -0.15) is 0 Å². The van der Waals surface area contributed by atoms with Gasteiger partial charge < -0.3 is 25.3 Å². The van der Waals surface area contributed by atoms with Crippen molar-refractivity contribution < 1.29 is 24.5 Å². The molecule has 2 saturated carbocycles. The largest absolute Gasteiger partial charge is 0.504 e. The van der Waals surface area contributed by atoms with Crippen LogP contribution >= 0.6 is 0 Å². The Kier molecular flexibility index (Phi) is 4.19. The molecule has 8 rings (SSSR count). The maximum absolute atomic E-state index is 14.0. The lowest BCUT2D eigenvalue weighted by molar-refractivity contribution is -0.197. The molecule has 2 aromatic carbocycles. The van der Waals surface area contributed by atoms with Crippen LogP contribution in [-0.4, -0.2) is 62.6 Å². The van der Waals surface area contributed by atoms with Gasteiger partial charge in [-0.15, -0.1) is 0 Å². The SMILES string of the molecule is O=C(Nc1ccc2[nH]ccc2c1)C1C[C@@]2(O)[C@H]3Cc4ccc(O)c5c4[C@@]2(CCN3CC2CC2)[C@@H](O5)C1=O. The number of aromatic hydroxyl groups is 1. The van der Waals surface area contributed by atoms with Crippen molar-refractivity contribution in [2.45, 2.75) is 55.3 Å². The van der Waals surface area contributed by atoms with Crippen molar-refractivity contribution >= 4 is 28.3 Å². The smallest absolute Gasteiger partial charge is 0.235 e. The number of fused-ring (bicyclic) bond motifs is 1. The van der Waals surface area contributed by atoms with Crippen molar-refractivity contribution in [3.63, 3.8) is 0 Å². The zero-order valence-corrected chi connectivity index (χ0v) is 20.4. The Balaban J connectivity index is 1.21. The highest BCUT2D eigenvalue weighted by Crippen LogP contribution is 2.65. The Labute approximate surface area is 213 Å². The Bertz CT molecular complexity index is 1490. The fourth-order valence-corrected chi connectivity index (χ4v) is 7.88. The molecule has 1 spiro atoms. The molecule has 0 radical (unpaired) electrons. The molecule has 4 N–H and O–H groups in total. The number of carbonyl (C=O) groups is 2. The van der Waals surface area contributed by atoms with E-state index in [1.165, 1.54) is 12.8 Å². The van der Waals surface area contributed by atoms with Gasteiger partial charge in [0.2, 0.25) is 5.91 Å². The lowest BCUT2D eigenvalue weighted by atomic mass is 9.47. The number of Topliss-reactive ketones (excluding diaryl/α,β-unsaturated/α-hetero) is 1. The van der Waals surface area contributed by atoms with Gasteiger partial charge in [0.25, 0.3) is 0 Å². The first kappa shape index (κ1) is 21.7. The first-order valence-corrected chi connectivity index (χ1v) is 13.3. The highest BCUT2D eigenvalue weighted by atomic mass is 16.5. The van der Waals surface area contributed by atoms with E-state index in [4.69, 9.17) is 4.74 Å². The van der Waals surface area contributed by atoms with E-state index in [1.54, 1.807) is 12.1 Å². The highest BCUT2D eigenvalue weighted by molar-refractivity contribution is 6.11. The van der Waals surface area contributed by atoms with Crippen molar-refractivity contribution in [1.82, 2.24) is 9.88 Å². The predicted octanol–water partition coefficient (Wildman–Crippen LogP) is 2.87. The molecule has 2 bridgehead atoms. The summed E-state index contributed by atoms with van der Waals surface area (Å²) in [4.78, 5) is 33.1. The zero-order chi connectivity index (χ0) is 25.1. The molecule has 5 atom stereocenters. The number of anilines is 1. The maximum atomic E-state index is 14.0. The number of aromatic nitrogens is 1. The molecule has 3 aromatic rings. The van der Waals surface area contributed by atoms with E-state index in [9.17, 15) is 19.8 Å². The van der Waals surface area contributed by atoms with E-state index in [0.29, 0.717) is 30.2 Å². The van der Waals surface area contributed by atoms with Crippen LogP contribution in [0.3, 0.4) is 0 Å². The molecule has 1 aromatic heterocycles. The summed E-state index contributed by atoms with van der Waals surface area (Å²) in [6, 6.07) is 10.8. The molecule has 8 nitrogen and oxygen atoms in total. The van der Waals surface area contributed by atoms with Crippen molar-refractivity contribution in [1.29, 1.82) is 0 Å². The molecule has 3 fully saturated rings. The number of ketones is 1. The first-order chi connectivity index (χ1) is 17.9. The second-order valence-electron chi connectivity index (χ2n) is 11.7. The molecule has 190 valence electrons. The summed E-state index contributed by atoms with van der Waals surface area (Å²) >= 11 is 0. The molecule has 1 unspecified atom stereocenters. The number of hydrogen-bond donors (Lipinski definition) is 4. The van der Waals surface area contributed by atoms with Gasteiger partial charge in [0.1, 0.15) is 5.92 Å². The van der Waals surface area contributed by atoms with Gasteiger partial charge >= 0.3 is 0 Å². The van der Waals surface area contributed by atoms with Crippen molar-refractivity contribution in [3.8, 4) is 11.5 Å². The van der Waals surface area contributed by atoms with Crippen molar-refractivity contribution in [2.75, 3.05) is 18.4 Å². The quantitative estimate of drug-likeness (QED) is 0.411. The topological polar surface area (TPSA) is 115 Å². The molecule has 37 heavy (non-hydrogen) atoms. The third-order valence-corrected chi connectivity index (χ3v) is 9.77. The number of nitrogens with one attached hydrogen (secondary N) is 2. The zero-order valence-electron chi connectivity index (χ0n) is 20.4. The predicted molar refractivity (Wildman–Crippen MR) is 136 cm³/mol. The van der Waals surface area contributed by atoms with Crippen LogP contribution in [0.2, 0.25) is 0 Å². The number of phenols is 1. The summed E-state index contributed by atoms with van der Waals surface area (Å²) in [5.74, 6) is -0.851. The van der Waals surface area contributed by atoms with Crippen LogP contribution in [0.5, 0.6) is 11.5 Å². The van der Waals surface area contributed by atoms with Crippen molar-refractivity contribution in [3.05, 3.63) is 53.7 Å². The monoisotopic (exact) mass is 499 g/mol. The van der Waals surface area contributed by atoms with Gasteiger partial charge in [-0.25, -0.2) is 0 Å². The third-order valence-electron chi connectivity index (χ3n) is 9.77. The average molecular weight is 500 g/mol. The number of nitrogens with zero attached hydrogens (tertiary/aromatic N) is 1. The molecule has 1 saturated heterocycles. The van der Waals surface area contributed by atoms with Crippen LogP contribution in [0.25, 0.3) is 10.9 Å². The van der Waals surface area contributed by atoms with E-state index < -0.39 is 28.9 Å². The van der Waals surface area contributed by atoms with Gasteiger partial charge in [-0.05, 0) is 80.5 Å². The Morgan fingerprint density at radius 2 is 2.08 bits per heavy atom. The van der Waals surface area contributed by atoms with Crippen LogP contribution in [-0.2, 0) is 21.4 Å². The van der Waals surface area contributed by atoms with Crippen LogP contribution < -0.4 is 10.1 Å². The Hall–Kier alpha value is -3.36. The standard InChI is InChI=1S/C29H29N3O5/c33-21-6-3-17-12-22-29(36)13-19(27(35)31-18-4-5-20-16(11-18)7-9-30-20)24(34)26-28(29,23(17)25(21)37-26)8-10-32(22)14-15-1-2-15/h3-7,9,11,15,19,22,26,30,33,36H,1-2,8,10,12-14H2,(H,31,35)/t19?,22-,26+,28+,29-/m1/s1. The number of likely N-dealkylation sites (tertiary alicyclic amines) is 1. The summed E-state index contributed by atoms with van der Waals surface area (Å²) in [5, 5.41) is 27.3.